The summed E-state index contributed by atoms with van der Waals surface area (Å²) in [5.74, 6) is 1.21. The number of hydrogen-bond acceptors (Lipinski definition) is 8. The van der Waals surface area contributed by atoms with Crippen LogP contribution < -0.4 is 15.0 Å². The molecule has 0 radical (unpaired) electrons. The number of hydrogen-bond donors (Lipinski definition) is 3. The fraction of sp³-hybridized carbons (Fsp3) is 0.542. The van der Waals surface area contributed by atoms with Gasteiger partial charge in [0.1, 0.15) is 17.6 Å². The molecule has 10 nitrogen and oxygen atoms in total. The summed E-state index contributed by atoms with van der Waals surface area (Å²) in [6, 6.07) is 5.57. The zero-order valence-electron chi connectivity index (χ0n) is 19.6. The van der Waals surface area contributed by atoms with E-state index in [1.165, 1.54) is 0 Å². The Kier molecular flexibility index (Phi) is 6.32. The van der Waals surface area contributed by atoms with E-state index in [0.29, 0.717) is 17.7 Å². The number of pyridine rings is 1. The molecule has 0 aromatic carbocycles. The number of nitrogens with one attached hydrogen (secondary N) is 2. The molecule has 3 N–H and O–H groups in total. The highest BCUT2D eigenvalue weighted by atomic mass is 16.5. The molecule has 0 spiro atoms. The molecule has 0 unspecified atom stereocenters. The first-order valence-corrected chi connectivity index (χ1v) is 12.0. The Labute approximate surface area is 198 Å². The Bertz CT molecular complexity index is 1150. The van der Waals surface area contributed by atoms with Gasteiger partial charge >= 0.3 is 6.01 Å². The van der Waals surface area contributed by atoms with Gasteiger partial charge in [0, 0.05) is 48.4 Å². The largest absolute Gasteiger partial charge is 0.460 e. The normalized spacial score (nSPS) is 18.6. The Morgan fingerprint density at radius 2 is 2.06 bits per heavy atom. The lowest BCUT2D eigenvalue weighted by molar-refractivity contribution is 0.0914. The second-order valence-electron chi connectivity index (χ2n) is 9.38. The van der Waals surface area contributed by atoms with E-state index < -0.39 is 0 Å². The first-order valence-electron chi connectivity index (χ1n) is 12.0. The average molecular weight is 466 g/mol. The summed E-state index contributed by atoms with van der Waals surface area (Å²) in [4.78, 5) is 28.3. The lowest BCUT2D eigenvalue weighted by Gasteiger charge is -2.32. The van der Waals surface area contributed by atoms with E-state index in [1.807, 2.05) is 13.0 Å². The number of nitrogens with zero attached hydrogens (tertiary/aromatic N) is 5. The van der Waals surface area contributed by atoms with Crippen LogP contribution in [0.1, 0.15) is 61.6 Å². The number of carbonyl (C=O) groups excluding carboxylic acids is 1. The van der Waals surface area contributed by atoms with E-state index in [0.717, 1.165) is 55.5 Å². The summed E-state index contributed by atoms with van der Waals surface area (Å²) in [6.45, 7) is 5.20. The van der Waals surface area contributed by atoms with Crippen LogP contribution >= 0.6 is 0 Å². The van der Waals surface area contributed by atoms with Gasteiger partial charge in [0.2, 0.25) is 0 Å². The molecule has 2 fully saturated rings. The first-order chi connectivity index (χ1) is 16.5. The molecule has 180 valence electrons. The van der Waals surface area contributed by atoms with E-state index in [-0.39, 0.29) is 36.4 Å². The Hall–Kier alpha value is -3.27. The van der Waals surface area contributed by atoms with Crippen molar-refractivity contribution < 1.29 is 14.6 Å². The standard InChI is InChI=1S/C24H31N7O3/c1-14(13-32)26-23(33)19-12-20(28-24(27-19)34-15(2)16-5-6-16)31-10-7-17(8-11-31)21-18-4-3-9-25-22(18)30-29-21/h3-4,9,12,14-17,32H,5-8,10-11,13H2,1-2H3,(H,26,33)(H,25,29,30)/t14-,15+/m1/s1. The van der Waals surface area contributed by atoms with Gasteiger partial charge < -0.3 is 20.1 Å². The van der Waals surface area contributed by atoms with Gasteiger partial charge in [-0.1, -0.05) is 0 Å². The van der Waals surface area contributed by atoms with Gasteiger partial charge in [-0.05, 0) is 57.6 Å². The van der Waals surface area contributed by atoms with Gasteiger partial charge in [-0.3, -0.25) is 9.89 Å². The minimum absolute atomic E-state index is 0.00975. The molecule has 3 aromatic rings. The maximum Gasteiger partial charge on any atom is 0.319 e. The van der Waals surface area contributed by atoms with Crippen LogP contribution in [0.15, 0.2) is 24.4 Å². The molecule has 1 amide bonds. The maximum absolute atomic E-state index is 12.8. The highest BCUT2D eigenvalue weighted by Gasteiger charge is 2.31. The second kappa shape index (κ2) is 9.54. The number of aromatic nitrogens is 5. The van der Waals surface area contributed by atoms with Crippen molar-refractivity contribution in [3.63, 3.8) is 0 Å². The predicted molar refractivity (Wildman–Crippen MR) is 127 cm³/mol. The molecule has 2 aliphatic rings. The van der Waals surface area contributed by atoms with Crippen LogP contribution in [0.5, 0.6) is 6.01 Å². The smallest absolute Gasteiger partial charge is 0.319 e. The fourth-order valence-corrected chi connectivity index (χ4v) is 4.49. The number of aliphatic hydroxyl groups excluding tert-OH is 1. The summed E-state index contributed by atoms with van der Waals surface area (Å²) >= 11 is 0. The Morgan fingerprint density at radius 1 is 1.26 bits per heavy atom. The van der Waals surface area contributed by atoms with Crippen molar-refractivity contribution in [2.75, 3.05) is 24.6 Å². The molecule has 1 aliphatic carbocycles. The lowest BCUT2D eigenvalue weighted by atomic mass is 9.92. The number of anilines is 1. The Balaban J connectivity index is 1.34. The van der Waals surface area contributed by atoms with Crippen molar-refractivity contribution in [3.8, 4) is 6.01 Å². The highest BCUT2D eigenvalue weighted by molar-refractivity contribution is 5.93. The summed E-state index contributed by atoms with van der Waals surface area (Å²) in [7, 11) is 0. The Morgan fingerprint density at radius 3 is 2.79 bits per heavy atom. The number of aromatic amines is 1. The predicted octanol–water partition coefficient (Wildman–Crippen LogP) is 2.42. The molecule has 3 aromatic heterocycles. The van der Waals surface area contributed by atoms with Crippen molar-refractivity contribution in [3.05, 3.63) is 35.8 Å². The van der Waals surface area contributed by atoms with Gasteiger partial charge in [0.15, 0.2) is 5.65 Å². The lowest BCUT2D eigenvalue weighted by Crippen LogP contribution is -2.37. The molecule has 5 rings (SSSR count). The topological polar surface area (TPSA) is 129 Å². The van der Waals surface area contributed by atoms with Crippen molar-refractivity contribution in [1.29, 1.82) is 0 Å². The summed E-state index contributed by atoms with van der Waals surface area (Å²) in [5.41, 5.74) is 2.12. The summed E-state index contributed by atoms with van der Waals surface area (Å²) in [6.07, 6.45) is 5.90. The third-order valence-corrected chi connectivity index (χ3v) is 6.74. The molecular weight excluding hydrogens is 434 g/mol. The SMILES string of the molecule is C[C@H](CO)NC(=O)c1cc(N2CCC(c3[nH]nc4ncccc34)CC2)nc(O[C@@H](C)C2CC2)n1. The van der Waals surface area contributed by atoms with Crippen LogP contribution in [0.3, 0.4) is 0 Å². The van der Waals surface area contributed by atoms with Gasteiger partial charge in [0.05, 0.1) is 6.61 Å². The highest BCUT2D eigenvalue weighted by Crippen LogP contribution is 2.35. The third kappa shape index (κ3) is 4.82. The van der Waals surface area contributed by atoms with Crippen molar-refractivity contribution >= 4 is 22.8 Å². The monoisotopic (exact) mass is 465 g/mol. The van der Waals surface area contributed by atoms with E-state index in [2.05, 4.69) is 41.4 Å². The van der Waals surface area contributed by atoms with Crippen LogP contribution in [0, 0.1) is 5.92 Å². The van der Waals surface area contributed by atoms with Crippen LogP contribution in [0.2, 0.25) is 0 Å². The molecule has 2 atom stereocenters. The molecule has 0 bridgehead atoms. The van der Waals surface area contributed by atoms with E-state index in [9.17, 15) is 9.90 Å². The second-order valence-corrected chi connectivity index (χ2v) is 9.38. The first kappa shape index (κ1) is 22.5. The van der Waals surface area contributed by atoms with Gasteiger partial charge in [-0.2, -0.15) is 15.1 Å². The van der Waals surface area contributed by atoms with Crippen LogP contribution in [-0.2, 0) is 0 Å². The molecule has 1 aliphatic heterocycles. The van der Waals surface area contributed by atoms with E-state index >= 15 is 0 Å². The summed E-state index contributed by atoms with van der Waals surface area (Å²) < 4.78 is 6.02. The number of amides is 1. The number of fused-ring (bicyclic) bond motifs is 1. The fourth-order valence-electron chi connectivity index (χ4n) is 4.49. The quantitative estimate of drug-likeness (QED) is 0.463. The van der Waals surface area contributed by atoms with Crippen LogP contribution in [0.25, 0.3) is 11.0 Å². The minimum atomic E-state index is -0.366. The number of aliphatic hydroxyl groups is 1. The van der Waals surface area contributed by atoms with E-state index in [1.54, 1.807) is 19.2 Å². The van der Waals surface area contributed by atoms with Gasteiger partial charge in [-0.25, -0.2) is 4.98 Å². The maximum atomic E-state index is 12.8. The third-order valence-electron chi connectivity index (χ3n) is 6.74. The van der Waals surface area contributed by atoms with Crippen LogP contribution in [-0.4, -0.2) is 68.0 Å². The number of carbonyl (C=O) groups is 1. The molecule has 4 heterocycles. The van der Waals surface area contributed by atoms with Crippen molar-refractivity contribution in [2.24, 2.45) is 5.92 Å². The van der Waals surface area contributed by atoms with Crippen molar-refractivity contribution in [2.45, 2.75) is 57.6 Å². The number of ether oxygens (including phenoxy) is 1. The molecule has 10 heteroatoms. The number of H-pyrrole nitrogens is 1. The molecule has 34 heavy (non-hydrogen) atoms. The molecule has 1 saturated heterocycles. The van der Waals surface area contributed by atoms with Crippen LogP contribution in [0.4, 0.5) is 5.82 Å². The van der Waals surface area contributed by atoms with Gasteiger partial charge in [-0.15, -0.1) is 0 Å². The summed E-state index contributed by atoms with van der Waals surface area (Å²) in [5, 5.41) is 20.7. The average Bonchev–Trinajstić information content (AvgIpc) is 3.63. The van der Waals surface area contributed by atoms with Crippen molar-refractivity contribution in [1.82, 2.24) is 30.5 Å². The number of piperidine rings is 1. The zero-order valence-corrected chi connectivity index (χ0v) is 19.6. The zero-order chi connectivity index (χ0) is 23.7. The van der Waals surface area contributed by atoms with E-state index in [4.69, 9.17) is 4.74 Å². The minimum Gasteiger partial charge on any atom is -0.460 e. The number of rotatable bonds is 8. The van der Waals surface area contributed by atoms with Gasteiger partial charge in [0.25, 0.3) is 5.91 Å². The molecule has 1 saturated carbocycles. The molecular formula is C24H31N7O3.